The molecule has 0 aliphatic rings. The van der Waals surface area contributed by atoms with E-state index in [0.717, 1.165) is 10.6 Å². The molecule has 1 rings (SSSR count). The number of benzene rings is 1. The molecule has 6 heteroatoms. The molecule has 0 aliphatic heterocycles. The van der Waals surface area contributed by atoms with Crippen molar-refractivity contribution < 1.29 is 14.9 Å². The molecule has 0 heterocycles. The zero-order valence-electron chi connectivity index (χ0n) is 10.5. The lowest BCUT2D eigenvalue weighted by Crippen LogP contribution is -2.88. The maximum absolute atomic E-state index is 11.7. The number of carbonyl (C=O) groups is 2. The zero-order chi connectivity index (χ0) is 13.4. The van der Waals surface area contributed by atoms with Gasteiger partial charge in [0, 0.05) is 11.9 Å². The van der Waals surface area contributed by atoms with Crippen LogP contribution in [0.25, 0.3) is 0 Å². The number of nitrogens with two attached hydrogens (primary N) is 1. The number of anilines is 1. The van der Waals surface area contributed by atoms with Gasteiger partial charge < -0.3 is 16.0 Å². The lowest BCUT2D eigenvalue weighted by molar-refractivity contribution is -0.632. The van der Waals surface area contributed by atoms with Crippen LogP contribution in [0.5, 0.6) is 0 Å². The predicted octanol–water partition coefficient (Wildman–Crippen LogP) is -0.344. The molecule has 0 spiro atoms. The molecule has 0 unspecified atom stereocenters. The van der Waals surface area contributed by atoms with E-state index in [0.29, 0.717) is 0 Å². The maximum Gasteiger partial charge on any atom is 0.279 e. The minimum absolute atomic E-state index is 0.0905. The summed E-state index contributed by atoms with van der Waals surface area (Å²) in [7, 11) is 1.57. The first kappa shape index (κ1) is 14.5. The van der Waals surface area contributed by atoms with Crippen LogP contribution < -0.4 is 16.0 Å². The molecule has 5 nitrogen and oxygen atoms in total. The molecule has 0 atom stereocenters. The standard InChI is InChI=1S/C12H17N3O2S/c1-13-11(16)7-14-8-12(17)15-9-5-3-4-6-10(9)18-2/h3-6,14H,7-8H2,1-2H3,(H,13,16)(H,15,17)/p+1. The Morgan fingerprint density at radius 2 is 1.89 bits per heavy atom. The van der Waals surface area contributed by atoms with E-state index in [-0.39, 0.29) is 24.9 Å². The van der Waals surface area contributed by atoms with Crippen molar-refractivity contribution in [3.63, 3.8) is 0 Å². The van der Waals surface area contributed by atoms with Crippen LogP contribution >= 0.6 is 11.8 Å². The number of thioether (sulfide) groups is 1. The van der Waals surface area contributed by atoms with Crippen LogP contribution in [0.1, 0.15) is 0 Å². The minimum Gasteiger partial charge on any atom is -0.354 e. The van der Waals surface area contributed by atoms with Crippen LogP contribution in [0.3, 0.4) is 0 Å². The average molecular weight is 268 g/mol. The van der Waals surface area contributed by atoms with Crippen molar-refractivity contribution in [3.8, 4) is 0 Å². The number of para-hydroxylation sites is 1. The van der Waals surface area contributed by atoms with E-state index >= 15 is 0 Å². The summed E-state index contributed by atoms with van der Waals surface area (Å²) in [5.74, 6) is -0.201. The predicted molar refractivity (Wildman–Crippen MR) is 72.6 cm³/mol. The van der Waals surface area contributed by atoms with Gasteiger partial charge >= 0.3 is 0 Å². The van der Waals surface area contributed by atoms with Crippen molar-refractivity contribution >= 4 is 29.3 Å². The molecule has 0 aromatic heterocycles. The van der Waals surface area contributed by atoms with Gasteiger partial charge in [0.1, 0.15) is 0 Å². The fourth-order valence-corrected chi connectivity index (χ4v) is 1.94. The Kier molecular flexibility index (Phi) is 6.24. The Bertz CT molecular complexity index is 424. The second kappa shape index (κ2) is 7.73. The van der Waals surface area contributed by atoms with Crippen molar-refractivity contribution in [1.82, 2.24) is 5.32 Å². The highest BCUT2D eigenvalue weighted by atomic mass is 32.2. The Morgan fingerprint density at radius 3 is 2.56 bits per heavy atom. The van der Waals surface area contributed by atoms with Crippen molar-refractivity contribution in [2.45, 2.75) is 4.90 Å². The van der Waals surface area contributed by atoms with E-state index in [1.165, 1.54) is 0 Å². The highest BCUT2D eigenvalue weighted by Gasteiger charge is 2.08. The molecule has 0 saturated heterocycles. The second-order valence-electron chi connectivity index (χ2n) is 3.62. The summed E-state index contributed by atoms with van der Waals surface area (Å²) in [6.07, 6.45) is 1.96. The van der Waals surface area contributed by atoms with Crippen molar-refractivity contribution in [1.29, 1.82) is 0 Å². The third-order valence-corrected chi connectivity index (χ3v) is 3.12. The van der Waals surface area contributed by atoms with Crippen molar-refractivity contribution in [3.05, 3.63) is 24.3 Å². The van der Waals surface area contributed by atoms with E-state index in [1.54, 1.807) is 24.1 Å². The SMILES string of the molecule is CNC(=O)C[NH2+]CC(=O)Nc1ccccc1SC. The number of hydrogen-bond donors (Lipinski definition) is 3. The molecule has 0 aliphatic carbocycles. The van der Waals surface area contributed by atoms with Crippen LogP contribution in [0, 0.1) is 0 Å². The molecule has 0 bridgehead atoms. The van der Waals surface area contributed by atoms with Crippen molar-refractivity contribution in [2.75, 3.05) is 31.7 Å². The smallest absolute Gasteiger partial charge is 0.279 e. The summed E-state index contributed by atoms with van der Waals surface area (Å²) in [5.41, 5.74) is 0.809. The molecule has 0 fully saturated rings. The monoisotopic (exact) mass is 268 g/mol. The Labute approximate surface area is 111 Å². The van der Waals surface area contributed by atoms with Crippen LogP contribution in [0.4, 0.5) is 5.69 Å². The Balaban J connectivity index is 2.42. The Morgan fingerprint density at radius 1 is 1.22 bits per heavy atom. The molecule has 98 valence electrons. The average Bonchev–Trinajstić information content (AvgIpc) is 2.39. The summed E-state index contributed by atoms with van der Waals surface area (Å²) in [4.78, 5) is 23.7. The van der Waals surface area contributed by atoms with Gasteiger partial charge in [-0.1, -0.05) is 12.1 Å². The molecule has 0 radical (unpaired) electrons. The number of carbonyl (C=O) groups excluding carboxylic acids is 2. The summed E-state index contributed by atoms with van der Waals surface area (Å²) in [6, 6.07) is 7.62. The highest BCUT2D eigenvalue weighted by molar-refractivity contribution is 7.98. The van der Waals surface area contributed by atoms with E-state index in [9.17, 15) is 9.59 Å². The zero-order valence-corrected chi connectivity index (χ0v) is 11.3. The van der Waals surface area contributed by atoms with E-state index in [4.69, 9.17) is 0 Å². The van der Waals surface area contributed by atoms with Crippen LogP contribution in [0.15, 0.2) is 29.2 Å². The summed E-state index contributed by atoms with van der Waals surface area (Å²) >= 11 is 1.58. The van der Waals surface area contributed by atoms with Gasteiger partial charge in [0.2, 0.25) is 0 Å². The third kappa shape index (κ3) is 4.77. The first-order valence-electron chi connectivity index (χ1n) is 5.62. The second-order valence-corrected chi connectivity index (χ2v) is 4.47. The Hall–Kier alpha value is -1.53. The largest absolute Gasteiger partial charge is 0.354 e. The number of rotatable bonds is 6. The fourth-order valence-electron chi connectivity index (χ4n) is 1.39. The number of amides is 2. The lowest BCUT2D eigenvalue weighted by Gasteiger charge is -2.08. The van der Waals surface area contributed by atoms with E-state index < -0.39 is 0 Å². The molecular formula is C12H18N3O2S+. The van der Waals surface area contributed by atoms with Gasteiger partial charge in [-0.25, -0.2) is 0 Å². The highest BCUT2D eigenvalue weighted by Crippen LogP contribution is 2.24. The lowest BCUT2D eigenvalue weighted by atomic mass is 10.3. The van der Waals surface area contributed by atoms with Crippen molar-refractivity contribution in [2.24, 2.45) is 0 Å². The fraction of sp³-hybridized carbons (Fsp3) is 0.333. The molecule has 0 saturated carbocycles. The normalized spacial score (nSPS) is 9.89. The van der Waals surface area contributed by atoms with Crippen LogP contribution in [0.2, 0.25) is 0 Å². The molecule has 18 heavy (non-hydrogen) atoms. The quantitative estimate of drug-likeness (QED) is 0.618. The van der Waals surface area contributed by atoms with Gasteiger partial charge in [-0.2, -0.15) is 0 Å². The van der Waals surface area contributed by atoms with Gasteiger partial charge in [-0.05, 0) is 18.4 Å². The van der Waals surface area contributed by atoms with E-state index in [1.807, 2.05) is 30.5 Å². The summed E-state index contributed by atoms with van der Waals surface area (Å²) in [6.45, 7) is 0.490. The number of nitrogens with one attached hydrogen (secondary N) is 2. The van der Waals surface area contributed by atoms with Gasteiger partial charge in [0.05, 0.1) is 5.69 Å². The van der Waals surface area contributed by atoms with Crippen LogP contribution in [-0.2, 0) is 9.59 Å². The molecule has 2 amide bonds. The number of hydrogen-bond acceptors (Lipinski definition) is 3. The molecule has 1 aromatic carbocycles. The van der Waals surface area contributed by atoms with E-state index in [2.05, 4.69) is 10.6 Å². The van der Waals surface area contributed by atoms with Gasteiger partial charge in [0.15, 0.2) is 13.1 Å². The first-order valence-corrected chi connectivity index (χ1v) is 6.85. The van der Waals surface area contributed by atoms with Gasteiger partial charge in [0.25, 0.3) is 11.8 Å². The summed E-state index contributed by atoms with van der Waals surface area (Å²) < 4.78 is 0. The maximum atomic E-state index is 11.7. The van der Waals surface area contributed by atoms with Gasteiger partial charge in [-0.15, -0.1) is 11.8 Å². The third-order valence-electron chi connectivity index (χ3n) is 2.32. The first-order chi connectivity index (χ1) is 8.67. The molecule has 1 aromatic rings. The minimum atomic E-state index is -0.111. The molecular weight excluding hydrogens is 250 g/mol. The number of likely N-dealkylation sites (N-methyl/N-ethyl adjacent to an activating group) is 1. The van der Waals surface area contributed by atoms with Crippen LogP contribution in [-0.4, -0.2) is 38.2 Å². The molecule has 4 N–H and O–H groups in total. The summed E-state index contributed by atoms with van der Waals surface area (Å²) in [5, 5.41) is 6.99. The van der Waals surface area contributed by atoms with Gasteiger partial charge in [-0.3, -0.25) is 9.59 Å². The number of quaternary nitrogens is 1. The topological polar surface area (TPSA) is 74.8 Å².